The van der Waals surface area contributed by atoms with Crippen LogP contribution < -0.4 is 5.32 Å². The topological polar surface area (TPSA) is 44.8 Å². The Hall–Kier alpha value is -0.0700. The van der Waals surface area contributed by atoms with Gasteiger partial charge in [-0.25, -0.2) is 0 Å². The van der Waals surface area contributed by atoms with Crippen molar-refractivity contribution in [3.8, 4) is 0 Å². The summed E-state index contributed by atoms with van der Waals surface area (Å²) < 4.78 is 5.40. The van der Waals surface area contributed by atoms with E-state index in [1.54, 1.807) is 0 Å². The fourth-order valence-electron chi connectivity index (χ4n) is 3.83. The summed E-state index contributed by atoms with van der Waals surface area (Å²) in [4.78, 5) is 17.0. The highest BCUT2D eigenvalue weighted by Crippen LogP contribution is 2.24. The van der Waals surface area contributed by atoms with Crippen molar-refractivity contribution in [2.45, 2.75) is 38.1 Å². The molecule has 0 aromatic heterocycles. The van der Waals surface area contributed by atoms with Crippen molar-refractivity contribution in [1.82, 2.24) is 15.1 Å². The maximum absolute atomic E-state index is 12.4. The minimum Gasteiger partial charge on any atom is -0.378 e. The Morgan fingerprint density at radius 1 is 1.04 bits per heavy atom. The fraction of sp³-hybridized carbons (Fsp3) is 0.938. The molecule has 1 amide bonds. The van der Waals surface area contributed by atoms with Crippen LogP contribution in [0.2, 0.25) is 0 Å². The van der Waals surface area contributed by atoms with Crippen molar-refractivity contribution in [2.24, 2.45) is 5.92 Å². The molecule has 0 radical (unpaired) electrons. The van der Waals surface area contributed by atoms with Crippen molar-refractivity contribution >= 4 is 30.7 Å². The van der Waals surface area contributed by atoms with Crippen molar-refractivity contribution in [1.29, 1.82) is 0 Å². The van der Waals surface area contributed by atoms with E-state index in [1.165, 1.54) is 38.6 Å². The van der Waals surface area contributed by atoms with Crippen molar-refractivity contribution in [2.75, 3.05) is 52.5 Å². The fourth-order valence-corrected chi connectivity index (χ4v) is 3.83. The third-order valence-electron chi connectivity index (χ3n) is 5.14. The van der Waals surface area contributed by atoms with E-state index in [-0.39, 0.29) is 36.8 Å². The predicted octanol–water partition coefficient (Wildman–Crippen LogP) is 1.54. The highest BCUT2D eigenvalue weighted by Gasteiger charge is 2.29. The molecule has 3 fully saturated rings. The van der Waals surface area contributed by atoms with Gasteiger partial charge in [0.1, 0.15) is 6.04 Å². The van der Waals surface area contributed by atoms with E-state index >= 15 is 0 Å². The molecule has 3 aliphatic rings. The molecule has 1 N–H and O–H groups in total. The van der Waals surface area contributed by atoms with Gasteiger partial charge in [-0.15, -0.1) is 24.8 Å². The Labute approximate surface area is 152 Å². The van der Waals surface area contributed by atoms with Crippen LogP contribution in [0.1, 0.15) is 32.1 Å². The number of hydrogen-bond donors (Lipinski definition) is 1. The number of carbonyl (C=O) groups excluding carboxylic acids is 1. The van der Waals surface area contributed by atoms with E-state index in [1.807, 2.05) is 4.90 Å². The summed E-state index contributed by atoms with van der Waals surface area (Å²) in [5.41, 5.74) is 0. The molecule has 7 heteroatoms. The zero-order chi connectivity index (χ0) is 14.5. The number of piperazine rings is 1. The average molecular weight is 368 g/mol. The van der Waals surface area contributed by atoms with E-state index in [0.717, 1.165) is 45.2 Å². The second kappa shape index (κ2) is 10.7. The standard InChI is InChI=1S/C16H29N3O2.2ClH/c20-16(15-13-21-11-6-17-15)19-9-7-18(8-10-19)12-14-4-2-1-3-5-14;;/h14-15,17H,1-13H2;2*1H. The lowest BCUT2D eigenvalue weighted by Gasteiger charge is -2.39. The average Bonchev–Trinajstić information content (AvgIpc) is 2.57. The first kappa shape index (κ1) is 21.0. The van der Waals surface area contributed by atoms with Crippen LogP contribution in [0.15, 0.2) is 0 Å². The second-order valence-corrected chi connectivity index (χ2v) is 6.71. The van der Waals surface area contributed by atoms with E-state index in [4.69, 9.17) is 4.74 Å². The predicted molar refractivity (Wildman–Crippen MR) is 96.7 cm³/mol. The van der Waals surface area contributed by atoms with Gasteiger partial charge in [0.25, 0.3) is 0 Å². The van der Waals surface area contributed by atoms with Gasteiger partial charge in [0, 0.05) is 39.3 Å². The summed E-state index contributed by atoms with van der Waals surface area (Å²) >= 11 is 0. The van der Waals surface area contributed by atoms with E-state index in [9.17, 15) is 4.79 Å². The summed E-state index contributed by atoms with van der Waals surface area (Å²) in [6.07, 6.45) is 7.06. The second-order valence-electron chi connectivity index (χ2n) is 6.71. The van der Waals surface area contributed by atoms with Crippen molar-refractivity contribution in [3.05, 3.63) is 0 Å². The third kappa shape index (κ3) is 6.05. The zero-order valence-electron chi connectivity index (χ0n) is 13.9. The maximum atomic E-state index is 12.4. The SMILES string of the molecule is Cl.Cl.O=C(C1COCCN1)N1CCN(CC2CCCCC2)CC1. The molecule has 1 saturated carbocycles. The third-order valence-corrected chi connectivity index (χ3v) is 5.14. The lowest BCUT2D eigenvalue weighted by Crippen LogP contribution is -2.57. The van der Waals surface area contributed by atoms with Gasteiger partial charge in [-0.2, -0.15) is 0 Å². The number of ether oxygens (including phenoxy) is 1. The number of halogens is 2. The molecule has 2 saturated heterocycles. The highest BCUT2D eigenvalue weighted by molar-refractivity contribution is 5.85. The molecule has 0 aromatic rings. The normalized spacial score (nSPS) is 27.0. The van der Waals surface area contributed by atoms with Gasteiger partial charge >= 0.3 is 0 Å². The lowest BCUT2D eigenvalue weighted by atomic mass is 9.89. The Morgan fingerprint density at radius 3 is 2.35 bits per heavy atom. The minimum atomic E-state index is -0.122. The van der Waals surface area contributed by atoms with Crippen LogP contribution in [-0.2, 0) is 9.53 Å². The van der Waals surface area contributed by atoms with Crippen molar-refractivity contribution < 1.29 is 9.53 Å². The molecule has 23 heavy (non-hydrogen) atoms. The number of rotatable bonds is 3. The van der Waals surface area contributed by atoms with Gasteiger partial charge < -0.3 is 15.0 Å². The summed E-state index contributed by atoms with van der Waals surface area (Å²) in [5, 5.41) is 3.26. The van der Waals surface area contributed by atoms with Crippen LogP contribution in [0.25, 0.3) is 0 Å². The number of nitrogens with one attached hydrogen (secondary N) is 1. The molecule has 2 heterocycles. The first-order valence-corrected chi connectivity index (χ1v) is 8.65. The molecule has 5 nitrogen and oxygen atoms in total. The van der Waals surface area contributed by atoms with Gasteiger partial charge in [-0.3, -0.25) is 9.69 Å². The molecule has 1 aliphatic carbocycles. The monoisotopic (exact) mass is 367 g/mol. The van der Waals surface area contributed by atoms with Gasteiger partial charge in [-0.1, -0.05) is 19.3 Å². The Kier molecular flexibility index (Phi) is 9.78. The Balaban J connectivity index is 0.00000132. The molecule has 0 spiro atoms. The molecular weight excluding hydrogens is 337 g/mol. The number of hydrogen-bond acceptors (Lipinski definition) is 4. The first-order valence-electron chi connectivity index (χ1n) is 8.65. The number of morpholine rings is 1. The summed E-state index contributed by atoms with van der Waals surface area (Å²) in [7, 11) is 0. The quantitative estimate of drug-likeness (QED) is 0.821. The molecule has 0 bridgehead atoms. The Bertz CT molecular complexity index is 340. The summed E-state index contributed by atoms with van der Waals surface area (Å²) in [6, 6.07) is -0.122. The molecule has 0 aromatic carbocycles. The van der Waals surface area contributed by atoms with Crippen LogP contribution in [0.3, 0.4) is 0 Å². The number of carbonyl (C=O) groups is 1. The highest BCUT2D eigenvalue weighted by atomic mass is 35.5. The van der Waals surface area contributed by atoms with Crippen molar-refractivity contribution in [3.63, 3.8) is 0 Å². The number of nitrogens with zero attached hydrogens (tertiary/aromatic N) is 2. The van der Waals surface area contributed by atoms with Gasteiger partial charge in [-0.05, 0) is 18.8 Å². The smallest absolute Gasteiger partial charge is 0.242 e. The minimum absolute atomic E-state index is 0. The zero-order valence-corrected chi connectivity index (χ0v) is 15.5. The first-order chi connectivity index (χ1) is 10.3. The van der Waals surface area contributed by atoms with Gasteiger partial charge in [0.05, 0.1) is 13.2 Å². The number of amides is 1. The summed E-state index contributed by atoms with van der Waals surface area (Å²) in [6.45, 7) is 7.12. The van der Waals surface area contributed by atoms with Gasteiger partial charge in [0.2, 0.25) is 5.91 Å². The molecule has 2 aliphatic heterocycles. The molecular formula is C16H31Cl2N3O2. The van der Waals surface area contributed by atoms with Crippen LogP contribution in [0, 0.1) is 5.92 Å². The van der Waals surface area contributed by atoms with Crippen LogP contribution in [0.4, 0.5) is 0 Å². The molecule has 3 rings (SSSR count). The van der Waals surface area contributed by atoms with Gasteiger partial charge in [0.15, 0.2) is 0 Å². The molecule has 136 valence electrons. The molecule has 1 atom stereocenters. The van der Waals surface area contributed by atoms with Crippen LogP contribution in [0.5, 0.6) is 0 Å². The van der Waals surface area contributed by atoms with E-state index < -0.39 is 0 Å². The molecule has 1 unspecified atom stereocenters. The van der Waals surface area contributed by atoms with Crippen LogP contribution in [-0.4, -0.2) is 74.2 Å². The summed E-state index contributed by atoms with van der Waals surface area (Å²) in [5.74, 6) is 1.13. The lowest BCUT2D eigenvalue weighted by molar-refractivity contribution is -0.138. The van der Waals surface area contributed by atoms with E-state index in [0.29, 0.717) is 6.61 Å². The van der Waals surface area contributed by atoms with E-state index in [2.05, 4.69) is 10.2 Å². The largest absolute Gasteiger partial charge is 0.378 e. The Morgan fingerprint density at radius 2 is 1.74 bits per heavy atom. The maximum Gasteiger partial charge on any atom is 0.242 e. The van der Waals surface area contributed by atoms with Crippen LogP contribution >= 0.6 is 24.8 Å².